The first-order chi connectivity index (χ1) is 12.0. The third-order valence-corrected chi connectivity index (χ3v) is 4.72. The van der Waals surface area contributed by atoms with Crippen molar-refractivity contribution >= 4 is 5.69 Å². The second-order valence-corrected chi connectivity index (χ2v) is 6.16. The van der Waals surface area contributed by atoms with Gasteiger partial charge in [-0.2, -0.15) is 15.8 Å². The molecule has 7 heteroatoms. The molecule has 122 valence electrons. The summed E-state index contributed by atoms with van der Waals surface area (Å²) in [6.45, 7) is 0. The number of hydrogen-bond acceptors (Lipinski definition) is 6. The van der Waals surface area contributed by atoms with Crippen LogP contribution in [0.5, 0.6) is 0 Å². The van der Waals surface area contributed by atoms with Gasteiger partial charge in [0.05, 0.1) is 28.3 Å². The molecular formula is C18H13N5O2. The van der Waals surface area contributed by atoms with E-state index in [1.807, 2.05) is 18.2 Å². The molecule has 7 nitrogen and oxygen atoms in total. The SMILES string of the molecule is N#CC1=C(N)C(C#N)(C#N)C(c2cccc([N+](=O)[O-])c2)C=C1C1CC1. The van der Waals surface area contributed by atoms with Crippen LogP contribution in [0.25, 0.3) is 0 Å². The first-order valence-corrected chi connectivity index (χ1v) is 7.67. The van der Waals surface area contributed by atoms with E-state index in [1.54, 1.807) is 12.1 Å². The van der Waals surface area contributed by atoms with Crippen molar-refractivity contribution in [2.45, 2.75) is 18.8 Å². The van der Waals surface area contributed by atoms with E-state index in [1.165, 1.54) is 18.2 Å². The molecule has 1 saturated carbocycles. The fraction of sp³-hybridized carbons (Fsp3) is 0.278. The van der Waals surface area contributed by atoms with Gasteiger partial charge in [0, 0.05) is 18.1 Å². The summed E-state index contributed by atoms with van der Waals surface area (Å²) in [5.74, 6) is -0.583. The van der Waals surface area contributed by atoms with E-state index >= 15 is 0 Å². The Bertz CT molecular complexity index is 937. The average molecular weight is 331 g/mol. The fourth-order valence-corrected chi connectivity index (χ4v) is 3.23. The number of nitriles is 3. The first-order valence-electron chi connectivity index (χ1n) is 7.67. The largest absolute Gasteiger partial charge is 0.399 e. The van der Waals surface area contributed by atoms with Gasteiger partial charge in [-0.1, -0.05) is 18.2 Å². The van der Waals surface area contributed by atoms with Crippen molar-refractivity contribution in [1.29, 1.82) is 15.8 Å². The number of rotatable bonds is 3. The molecule has 1 atom stereocenters. The highest BCUT2D eigenvalue weighted by atomic mass is 16.6. The van der Waals surface area contributed by atoms with E-state index in [0.29, 0.717) is 5.56 Å². The van der Waals surface area contributed by atoms with E-state index in [0.717, 1.165) is 18.4 Å². The number of allylic oxidation sites excluding steroid dienone is 4. The lowest BCUT2D eigenvalue weighted by Gasteiger charge is -2.33. The van der Waals surface area contributed by atoms with Crippen molar-refractivity contribution < 1.29 is 4.92 Å². The van der Waals surface area contributed by atoms with Crippen LogP contribution in [-0.4, -0.2) is 4.92 Å². The number of nitrogens with zero attached hydrogens (tertiary/aromatic N) is 4. The van der Waals surface area contributed by atoms with E-state index in [2.05, 4.69) is 0 Å². The topological polar surface area (TPSA) is 141 Å². The normalized spacial score (nSPS) is 21.5. The van der Waals surface area contributed by atoms with Gasteiger partial charge >= 0.3 is 0 Å². The Labute approximate surface area is 144 Å². The highest BCUT2D eigenvalue weighted by Crippen LogP contribution is 2.52. The Balaban J connectivity index is 2.24. The summed E-state index contributed by atoms with van der Waals surface area (Å²) in [5.41, 5.74) is 5.52. The molecule has 0 aliphatic heterocycles. The zero-order valence-corrected chi connectivity index (χ0v) is 13.1. The van der Waals surface area contributed by atoms with Gasteiger partial charge < -0.3 is 5.73 Å². The predicted molar refractivity (Wildman–Crippen MR) is 87.1 cm³/mol. The Hall–Kier alpha value is -3.63. The lowest BCUT2D eigenvalue weighted by molar-refractivity contribution is -0.384. The molecule has 0 aromatic heterocycles. The molecule has 2 aliphatic rings. The summed E-state index contributed by atoms with van der Waals surface area (Å²) >= 11 is 0. The van der Waals surface area contributed by atoms with Gasteiger partial charge in [-0.3, -0.25) is 10.1 Å². The molecule has 0 heterocycles. The molecule has 2 N–H and O–H groups in total. The van der Waals surface area contributed by atoms with Gasteiger partial charge in [0.25, 0.3) is 5.69 Å². The summed E-state index contributed by atoms with van der Waals surface area (Å²) in [5, 5.41) is 40.0. The van der Waals surface area contributed by atoms with Crippen LogP contribution in [-0.2, 0) is 0 Å². The van der Waals surface area contributed by atoms with Gasteiger partial charge in [-0.25, -0.2) is 0 Å². The molecule has 2 aliphatic carbocycles. The van der Waals surface area contributed by atoms with Crippen LogP contribution in [0.4, 0.5) is 5.69 Å². The highest BCUT2D eigenvalue weighted by molar-refractivity contribution is 5.60. The Kier molecular flexibility index (Phi) is 3.75. The maximum atomic E-state index is 11.1. The van der Waals surface area contributed by atoms with E-state index in [9.17, 15) is 25.9 Å². The van der Waals surface area contributed by atoms with Crippen LogP contribution in [0.15, 0.2) is 47.2 Å². The fourth-order valence-electron chi connectivity index (χ4n) is 3.23. The molecular weight excluding hydrogens is 318 g/mol. The van der Waals surface area contributed by atoms with Gasteiger partial charge in [-0.05, 0) is 29.9 Å². The lowest BCUT2D eigenvalue weighted by Crippen LogP contribution is -2.35. The summed E-state index contributed by atoms with van der Waals surface area (Å²) < 4.78 is 0. The minimum Gasteiger partial charge on any atom is -0.399 e. The highest BCUT2D eigenvalue weighted by Gasteiger charge is 2.49. The molecule has 3 rings (SSSR count). The summed E-state index contributed by atoms with van der Waals surface area (Å²) in [7, 11) is 0. The van der Waals surface area contributed by atoms with Crippen LogP contribution in [0.2, 0.25) is 0 Å². The zero-order chi connectivity index (χ0) is 18.2. The summed E-state index contributed by atoms with van der Waals surface area (Å²) in [6, 6.07) is 11.8. The summed E-state index contributed by atoms with van der Waals surface area (Å²) in [4.78, 5) is 10.5. The maximum Gasteiger partial charge on any atom is 0.269 e. The molecule has 1 aromatic carbocycles. The van der Waals surface area contributed by atoms with Crippen LogP contribution in [0.1, 0.15) is 24.3 Å². The van der Waals surface area contributed by atoms with Crippen molar-refractivity contribution in [3.05, 3.63) is 62.9 Å². The van der Waals surface area contributed by atoms with Crippen LogP contribution in [0.3, 0.4) is 0 Å². The standard InChI is InChI=1S/C18H13N5O2/c19-8-15-14(11-4-5-11)7-16(18(9-20,10-21)17(15)22)12-2-1-3-13(6-12)23(24)25/h1-3,6-7,11,16H,4-5,22H2. The molecule has 1 fully saturated rings. The van der Waals surface area contributed by atoms with Crippen LogP contribution >= 0.6 is 0 Å². The second-order valence-electron chi connectivity index (χ2n) is 6.16. The molecule has 0 bridgehead atoms. The quantitative estimate of drug-likeness (QED) is 0.667. The minimum absolute atomic E-state index is 0.0686. The third-order valence-electron chi connectivity index (χ3n) is 4.72. The van der Waals surface area contributed by atoms with E-state index in [-0.39, 0.29) is 22.9 Å². The number of nitro groups is 1. The molecule has 0 spiro atoms. The summed E-state index contributed by atoms with van der Waals surface area (Å²) in [6.07, 6.45) is 3.55. The maximum absolute atomic E-state index is 11.1. The Morgan fingerprint density at radius 2 is 1.92 bits per heavy atom. The number of nitrogens with two attached hydrogens (primary N) is 1. The van der Waals surface area contributed by atoms with Gasteiger partial charge in [0.15, 0.2) is 5.41 Å². The van der Waals surface area contributed by atoms with Gasteiger partial charge in [-0.15, -0.1) is 0 Å². The van der Waals surface area contributed by atoms with Crippen LogP contribution < -0.4 is 5.73 Å². The predicted octanol–water partition coefficient (Wildman–Crippen LogP) is 2.80. The van der Waals surface area contributed by atoms with Crippen LogP contribution in [0, 0.1) is 55.4 Å². The molecule has 1 unspecified atom stereocenters. The molecule has 0 saturated heterocycles. The molecule has 0 radical (unpaired) electrons. The van der Waals surface area contributed by atoms with Crippen molar-refractivity contribution in [3.63, 3.8) is 0 Å². The lowest BCUT2D eigenvalue weighted by atomic mass is 9.66. The number of hydrogen-bond donors (Lipinski definition) is 1. The van der Waals surface area contributed by atoms with E-state index in [4.69, 9.17) is 5.73 Å². The average Bonchev–Trinajstić information content (AvgIpc) is 3.46. The number of non-ortho nitro benzene ring substituents is 1. The first kappa shape index (κ1) is 16.2. The van der Waals surface area contributed by atoms with Gasteiger partial charge in [0.1, 0.15) is 6.07 Å². The van der Waals surface area contributed by atoms with Gasteiger partial charge in [0.2, 0.25) is 0 Å². The minimum atomic E-state index is -1.77. The Morgan fingerprint density at radius 1 is 1.24 bits per heavy atom. The molecule has 25 heavy (non-hydrogen) atoms. The second kappa shape index (κ2) is 5.78. The molecule has 1 aromatic rings. The monoisotopic (exact) mass is 331 g/mol. The Morgan fingerprint density at radius 3 is 2.44 bits per heavy atom. The zero-order valence-electron chi connectivity index (χ0n) is 13.1. The number of benzene rings is 1. The smallest absolute Gasteiger partial charge is 0.269 e. The van der Waals surface area contributed by atoms with Crippen molar-refractivity contribution in [2.75, 3.05) is 0 Å². The molecule has 0 amide bonds. The van der Waals surface area contributed by atoms with Crippen molar-refractivity contribution in [1.82, 2.24) is 0 Å². The van der Waals surface area contributed by atoms with Crippen molar-refractivity contribution in [2.24, 2.45) is 17.1 Å². The van der Waals surface area contributed by atoms with Crippen molar-refractivity contribution in [3.8, 4) is 18.2 Å². The number of nitro benzene ring substituents is 1. The van der Waals surface area contributed by atoms with E-state index < -0.39 is 16.3 Å². The third kappa shape index (κ3) is 2.41.